The summed E-state index contributed by atoms with van der Waals surface area (Å²) in [5, 5.41) is 0. The molecule has 48 valence electrons. The Balaban J connectivity index is 2.42. The predicted octanol–water partition coefficient (Wildman–Crippen LogP) is 2.51. The first-order chi connectivity index (χ1) is 4.43. The Kier molecular flexibility index (Phi) is 2.39. The van der Waals surface area contributed by atoms with E-state index < -0.39 is 0 Å². The van der Waals surface area contributed by atoms with Crippen LogP contribution >= 0.6 is 0 Å². The zero-order valence-corrected chi connectivity index (χ0v) is 5.91. The van der Waals surface area contributed by atoms with Crippen LogP contribution in [0.2, 0.25) is 0 Å². The smallest absolute Gasteiger partial charge is 0.0130 e. The van der Waals surface area contributed by atoms with E-state index in [-0.39, 0.29) is 0 Å². The molecule has 0 heterocycles. The van der Waals surface area contributed by atoms with Gasteiger partial charge in [-0.05, 0) is 18.9 Å². The van der Waals surface area contributed by atoms with Crippen LogP contribution in [0, 0.1) is 11.8 Å². The zero-order chi connectivity index (χ0) is 6.53. The SMILES string of the molecule is CCCC1=CC#CCC1. The van der Waals surface area contributed by atoms with Gasteiger partial charge in [0.15, 0.2) is 0 Å². The summed E-state index contributed by atoms with van der Waals surface area (Å²) in [4.78, 5) is 0. The fourth-order valence-electron chi connectivity index (χ4n) is 1.04. The molecule has 0 amide bonds. The first-order valence-corrected chi connectivity index (χ1v) is 3.60. The molecule has 0 N–H and O–H groups in total. The van der Waals surface area contributed by atoms with Crippen LogP contribution in [0.1, 0.15) is 32.6 Å². The van der Waals surface area contributed by atoms with Crippen LogP contribution in [0.3, 0.4) is 0 Å². The Morgan fingerprint density at radius 1 is 1.67 bits per heavy atom. The molecule has 0 nitrogen and oxygen atoms in total. The lowest BCUT2D eigenvalue weighted by molar-refractivity contribution is 0.832. The molecule has 0 saturated heterocycles. The third-order valence-corrected chi connectivity index (χ3v) is 1.52. The molecule has 9 heavy (non-hydrogen) atoms. The Morgan fingerprint density at radius 3 is 3.11 bits per heavy atom. The van der Waals surface area contributed by atoms with Crippen molar-refractivity contribution < 1.29 is 0 Å². The van der Waals surface area contributed by atoms with Crippen molar-refractivity contribution in [2.45, 2.75) is 32.6 Å². The van der Waals surface area contributed by atoms with Crippen LogP contribution in [0.15, 0.2) is 11.6 Å². The van der Waals surface area contributed by atoms with Crippen molar-refractivity contribution in [1.29, 1.82) is 0 Å². The molecule has 0 spiro atoms. The van der Waals surface area contributed by atoms with Crippen molar-refractivity contribution >= 4 is 0 Å². The van der Waals surface area contributed by atoms with Gasteiger partial charge in [0.25, 0.3) is 0 Å². The molecule has 1 aliphatic carbocycles. The fourth-order valence-corrected chi connectivity index (χ4v) is 1.04. The van der Waals surface area contributed by atoms with E-state index in [4.69, 9.17) is 0 Å². The van der Waals surface area contributed by atoms with Gasteiger partial charge in [0.1, 0.15) is 0 Å². The van der Waals surface area contributed by atoms with Crippen molar-refractivity contribution in [1.82, 2.24) is 0 Å². The van der Waals surface area contributed by atoms with Gasteiger partial charge in [0, 0.05) is 6.42 Å². The summed E-state index contributed by atoms with van der Waals surface area (Å²) in [5.41, 5.74) is 1.54. The van der Waals surface area contributed by atoms with Crippen LogP contribution in [0.5, 0.6) is 0 Å². The first-order valence-electron chi connectivity index (χ1n) is 3.60. The van der Waals surface area contributed by atoms with Gasteiger partial charge in [0.2, 0.25) is 0 Å². The standard InChI is InChI=1S/C9H12/c1-2-6-9-7-4-3-5-8-9/h8H,2,4,6-7H2,1H3. The van der Waals surface area contributed by atoms with Gasteiger partial charge in [-0.1, -0.05) is 30.8 Å². The molecule has 0 aromatic rings. The van der Waals surface area contributed by atoms with Gasteiger partial charge in [-0.3, -0.25) is 0 Å². The number of hydrogen-bond donors (Lipinski definition) is 0. The van der Waals surface area contributed by atoms with Gasteiger partial charge in [-0.15, -0.1) is 0 Å². The van der Waals surface area contributed by atoms with E-state index in [9.17, 15) is 0 Å². The van der Waals surface area contributed by atoms with Crippen LogP contribution in [0.25, 0.3) is 0 Å². The second kappa shape index (κ2) is 3.35. The largest absolute Gasteiger partial charge is 0.0982 e. The van der Waals surface area contributed by atoms with E-state index in [0.717, 1.165) is 6.42 Å². The lowest BCUT2D eigenvalue weighted by Crippen LogP contribution is -1.85. The monoisotopic (exact) mass is 120 g/mol. The second-order valence-corrected chi connectivity index (χ2v) is 2.37. The Bertz CT molecular complexity index is 164. The van der Waals surface area contributed by atoms with Gasteiger partial charge in [-0.25, -0.2) is 0 Å². The third kappa shape index (κ3) is 1.93. The maximum absolute atomic E-state index is 3.05. The highest BCUT2D eigenvalue weighted by Gasteiger charge is 1.95. The minimum Gasteiger partial charge on any atom is -0.0982 e. The quantitative estimate of drug-likeness (QED) is 0.491. The van der Waals surface area contributed by atoms with Crippen LogP contribution in [-0.4, -0.2) is 0 Å². The molecular weight excluding hydrogens is 108 g/mol. The average molecular weight is 120 g/mol. The minimum atomic E-state index is 1.08. The molecule has 0 unspecified atom stereocenters. The average Bonchev–Trinajstić information content (AvgIpc) is 1.91. The van der Waals surface area contributed by atoms with Crippen LogP contribution in [-0.2, 0) is 0 Å². The number of hydrogen-bond acceptors (Lipinski definition) is 0. The van der Waals surface area contributed by atoms with Crippen molar-refractivity contribution in [3.05, 3.63) is 11.6 Å². The lowest BCUT2D eigenvalue weighted by atomic mass is 10.0. The van der Waals surface area contributed by atoms with Crippen molar-refractivity contribution in [3.63, 3.8) is 0 Å². The molecule has 1 aliphatic rings. The van der Waals surface area contributed by atoms with Crippen molar-refractivity contribution in [2.24, 2.45) is 0 Å². The number of rotatable bonds is 2. The van der Waals surface area contributed by atoms with E-state index in [1.54, 1.807) is 0 Å². The summed E-state index contributed by atoms with van der Waals surface area (Å²) in [6, 6.07) is 0. The van der Waals surface area contributed by atoms with Gasteiger partial charge in [-0.2, -0.15) is 0 Å². The Labute approximate surface area is 57.0 Å². The summed E-state index contributed by atoms with van der Waals surface area (Å²) >= 11 is 0. The van der Waals surface area contributed by atoms with E-state index in [1.165, 1.54) is 24.8 Å². The summed E-state index contributed by atoms with van der Waals surface area (Å²) < 4.78 is 0. The van der Waals surface area contributed by atoms with Gasteiger partial charge in [0.05, 0.1) is 0 Å². The normalized spacial score (nSPS) is 15.9. The van der Waals surface area contributed by atoms with Crippen molar-refractivity contribution in [3.8, 4) is 11.8 Å². The summed E-state index contributed by atoms with van der Waals surface area (Å²) in [7, 11) is 0. The Morgan fingerprint density at radius 2 is 2.56 bits per heavy atom. The molecular formula is C9H12. The molecule has 0 aromatic carbocycles. The van der Waals surface area contributed by atoms with Crippen LogP contribution in [0.4, 0.5) is 0 Å². The molecule has 0 aliphatic heterocycles. The van der Waals surface area contributed by atoms with Crippen LogP contribution < -0.4 is 0 Å². The van der Waals surface area contributed by atoms with Gasteiger partial charge < -0.3 is 0 Å². The molecule has 0 heteroatoms. The van der Waals surface area contributed by atoms with E-state index in [2.05, 4.69) is 24.8 Å². The second-order valence-electron chi connectivity index (χ2n) is 2.37. The summed E-state index contributed by atoms with van der Waals surface area (Å²) in [6.07, 6.45) is 6.86. The maximum atomic E-state index is 3.05. The highest BCUT2D eigenvalue weighted by molar-refractivity contribution is 5.25. The summed E-state index contributed by atoms with van der Waals surface area (Å²) in [5.74, 6) is 6.05. The third-order valence-electron chi connectivity index (χ3n) is 1.52. The van der Waals surface area contributed by atoms with E-state index in [0.29, 0.717) is 0 Å². The Hall–Kier alpha value is -0.700. The predicted molar refractivity (Wildman–Crippen MR) is 40.0 cm³/mol. The zero-order valence-electron chi connectivity index (χ0n) is 5.91. The molecule has 0 atom stereocenters. The van der Waals surface area contributed by atoms with E-state index in [1.807, 2.05) is 0 Å². The van der Waals surface area contributed by atoms with Gasteiger partial charge >= 0.3 is 0 Å². The first kappa shape index (κ1) is 6.42. The van der Waals surface area contributed by atoms with Crippen molar-refractivity contribution in [2.75, 3.05) is 0 Å². The molecule has 0 fully saturated rings. The fraction of sp³-hybridized carbons (Fsp3) is 0.556. The molecule has 0 bridgehead atoms. The highest BCUT2D eigenvalue weighted by atomic mass is 14.0. The molecule has 0 radical (unpaired) electrons. The lowest BCUT2D eigenvalue weighted by Gasteiger charge is -2.02. The summed E-state index contributed by atoms with van der Waals surface area (Å²) in [6.45, 7) is 2.21. The maximum Gasteiger partial charge on any atom is 0.0130 e. The van der Waals surface area contributed by atoms with E-state index >= 15 is 0 Å². The molecule has 0 aromatic heterocycles. The topological polar surface area (TPSA) is 0 Å². The number of allylic oxidation sites excluding steroid dienone is 2. The minimum absolute atomic E-state index is 1.08. The highest BCUT2D eigenvalue weighted by Crippen LogP contribution is 2.13. The molecule has 1 rings (SSSR count). The molecule has 0 saturated carbocycles.